The lowest BCUT2D eigenvalue weighted by molar-refractivity contribution is 0.181. The summed E-state index contributed by atoms with van der Waals surface area (Å²) in [5.74, 6) is 0.918. The van der Waals surface area contributed by atoms with Crippen molar-refractivity contribution in [2.45, 2.75) is 26.9 Å². The lowest BCUT2D eigenvalue weighted by atomic mass is 10.0. The number of rotatable bonds is 7. The fourth-order valence-corrected chi connectivity index (χ4v) is 2.60. The van der Waals surface area contributed by atoms with Gasteiger partial charge in [-0.3, -0.25) is 4.90 Å². The Bertz CT molecular complexity index is 622. The van der Waals surface area contributed by atoms with Gasteiger partial charge < -0.3 is 14.4 Å². The van der Waals surface area contributed by atoms with Crippen LogP contribution in [0.15, 0.2) is 24.7 Å². The minimum Gasteiger partial charge on any atom is -0.496 e. The monoisotopic (exact) mass is 303 g/mol. The van der Waals surface area contributed by atoms with Crippen LogP contribution in [-0.4, -0.2) is 39.8 Å². The summed E-state index contributed by atoms with van der Waals surface area (Å²) < 4.78 is 7.38. The number of aromatic nitrogens is 2. The highest BCUT2D eigenvalue weighted by atomic mass is 16.5. The van der Waals surface area contributed by atoms with E-state index in [1.54, 1.807) is 13.4 Å². The Hall–Kier alpha value is -1.85. The average Bonchev–Trinajstić information content (AvgIpc) is 2.88. The van der Waals surface area contributed by atoms with Crippen molar-refractivity contribution in [1.82, 2.24) is 14.5 Å². The van der Waals surface area contributed by atoms with E-state index in [0.29, 0.717) is 6.54 Å². The van der Waals surface area contributed by atoms with Gasteiger partial charge in [0.05, 0.1) is 25.7 Å². The summed E-state index contributed by atoms with van der Waals surface area (Å²) >= 11 is 0. The van der Waals surface area contributed by atoms with E-state index in [4.69, 9.17) is 4.74 Å². The van der Waals surface area contributed by atoms with Gasteiger partial charge >= 0.3 is 0 Å². The largest absolute Gasteiger partial charge is 0.496 e. The molecular formula is C17H25N3O2. The van der Waals surface area contributed by atoms with E-state index in [-0.39, 0.29) is 6.61 Å². The molecule has 1 aromatic carbocycles. The minimum absolute atomic E-state index is 0.145. The molecule has 0 amide bonds. The molecule has 0 aliphatic carbocycles. The van der Waals surface area contributed by atoms with E-state index in [1.165, 1.54) is 11.1 Å². The Morgan fingerprint density at radius 1 is 1.23 bits per heavy atom. The summed E-state index contributed by atoms with van der Waals surface area (Å²) in [6.07, 6.45) is 3.67. The number of aryl methyl sites for hydroxylation is 3. The van der Waals surface area contributed by atoms with Crippen LogP contribution in [0.1, 0.15) is 22.4 Å². The fourth-order valence-electron chi connectivity index (χ4n) is 2.60. The number of methoxy groups -OCH3 is 1. The van der Waals surface area contributed by atoms with Gasteiger partial charge in [0.15, 0.2) is 0 Å². The smallest absolute Gasteiger partial charge is 0.122 e. The van der Waals surface area contributed by atoms with Crippen LogP contribution in [0, 0.1) is 13.8 Å². The molecule has 0 radical (unpaired) electrons. The summed E-state index contributed by atoms with van der Waals surface area (Å²) in [7, 11) is 3.68. The van der Waals surface area contributed by atoms with Gasteiger partial charge in [-0.2, -0.15) is 0 Å². The molecule has 2 rings (SSSR count). The van der Waals surface area contributed by atoms with Gasteiger partial charge in [0.2, 0.25) is 0 Å². The van der Waals surface area contributed by atoms with E-state index in [0.717, 1.165) is 30.1 Å². The van der Waals surface area contributed by atoms with Crippen LogP contribution in [0.5, 0.6) is 5.75 Å². The second-order valence-electron chi connectivity index (χ2n) is 5.68. The van der Waals surface area contributed by atoms with Gasteiger partial charge in [-0.05, 0) is 36.6 Å². The van der Waals surface area contributed by atoms with E-state index < -0.39 is 0 Å². The molecule has 0 atom stereocenters. The number of ether oxygens (including phenoxy) is 1. The maximum atomic E-state index is 9.33. The number of aliphatic hydroxyl groups is 1. The third-order valence-corrected chi connectivity index (χ3v) is 3.97. The van der Waals surface area contributed by atoms with Crippen LogP contribution in [0.3, 0.4) is 0 Å². The van der Waals surface area contributed by atoms with Crippen LogP contribution in [0.4, 0.5) is 0 Å². The van der Waals surface area contributed by atoms with Crippen molar-refractivity contribution in [2.75, 3.05) is 20.3 Å². The van der Waals surface area contributed by atoms with E-state index in [9.17, 15) is 5.11 Å². The second kappa shape index (κ2) is 7.42. The quantitative estimate of drug-likeness (QED) is 0.850. The van der Waals surface area contributed by atoms with Crippen molar-refractivity contribution in [3.63, 3.8) is 0 Å². The zero-order chi connectivity index (χ0) is 16.1. The standard InChI is InChI=1S/C17H25N3O2/c1-13-8-17(22-4)14(2)7-15(13)10-20(5-6-21)11-16-9-18-12-19(16)3/h7-9,12,21H,5-6,10-11H2,1-4H3. The first kappa shape index (κ1) is 16.5. The van der Waals surface area contributed by atoms with Crippen LogP contribution in [0.2, 0.25) is 0 Å². The summed E-state index contributed by atoms with van der Waals surface area (Å²) in [4.78, 5) is 6.38. The second-order valence-corrected chi connectivity index (χ2v) is 5.68. The Morgan fingerprint density at radius 2 is 2.00 bits per heavy atom. The Kier molecular flexibility index (Phi) is 5.57. The molecule has 2 aromatic rings. The normalized spacial score (nSPS) is 11.2. The molecule has 0 fully saturated rings. The topological polar surface area (TPSA) is 50.5 Å². The van der Waals surface area contributed by atoms with Crippen molar-refractivity contribution < 1.29 is 9.84 Å². The molecule has 0 unspecified atom stereocenters. The highest BCUT2D eigenvalue weighted by molar-refractivity contribution is 5.41. The van der Waals surface area contributed by atoms with Crippen LogP contribution in [-0.2, 0) is 20.1 Å². The number of benzene rings is 1. The number of aliphatic hydroxyl groups excluding tert-OH is 1. The lowest BCUT2D eigenvalue weighted by Gasteiger charge is -2.23. The zero-order valence-corrected chi connectivity index (χ0v) is 13.8. The van der Waals surface area contributed by atoms with Crippen LogP contribution in [0.25, 0.3) is 0 Å². The minimum atomic E-state index is 0.145. The van der Waals surface area contributed by atoms with Gasteiger partial charge in [0.25, 0.3) is 0 Å². The predicted octanol–water partition coefficient (Wildman–Crippen LogP) is 2.04. The molecule has 0 aliphatic rings. The molecule has 1 heterocycles. The van der Waals surface area contributed by atoms with Crippen molar-refractivity contribution in [3.8, 4) is 5.75 Å². The number of hydrogen-bond donors (Lipinski definition) is 1. The van der Waals surface area contributed by atoms with E-state index in [1.807, 2.05) is 17.8 Å². The van der Waals surface area contributed by atoms with Gasteiger partial charge in [-0.1, -0.05) is 6.07 Å². The number of nitrogens with zero attached hydrogens (tertiary/aromatic N) is 3. The molecular weight excluding hydrogens is 278 g/mol. The maximum absolute atomic E-state index is 9.33. The number of hydrogen-bond acceptors (Lipinski definition) is 4. The fraction of sp³-hybridized carbons (Fsp3) is 0.471. The molecule has 1 N–H and O–H groups in total. The molecule has 0 bridgehead atoms. The molecule has 0 spiro atoms. The summed E-state index contributed by atoms with van der Waals surface area (Å²) in [6.45, 7) is 6.49. The highest BCUT2D eigenvalue weighted by Crippen LogP contribution is 2.23. The lowest BCUT2D eigenvalue weighted by Crippen LogP contribution is -2.27. The summed E-state index contributed by atoms with van der Waals surface area (Å²) in [5.41, 5.74) is 4.73. The Labute approximate surface area is 132 Å². The maximum Gasteiger partial charge on any atom is 0.122 e. The highest BCUT2D eigenvalue weighted by Gasteiger charge is 2.12. The predicted molar refractivity (Wildman–Crippen MR) is 86.9 cm³/mol. The third-order valence-electron chi connectivity index (χ3n) is 3.97. The van der Waals surface area contributed by atoms with Crippen LogP contribution >= 0.6 is 0 Å². The first-order chi connectivity index (χ1) is 10.5. The van der Waals surface area contributed by atoms with Crippen molar-refractivity contribution in [2.24, 2.45) is 7.05 Å². The summed E-state index contributed by atoms with van der Waals surface area (Å²) in [6, 6.07) is 4.24. The van der Waals surface area contributed by atoms with Crippen LogP contribution < -0.4 is 4.74 Å². The van der Waals surface area contributed by atoms with Crippen molar-refractivity contribution >= 4 is 0 Å². The molecule has 0 saturated heterocycles. The van der Waals surface area contributed by atoms with Gasteiger partial charge in [0.1, 0.15) is 5.75 Å². The molecule has 1 aromatic heterocycles. The van der Waals surface area contributed by atoms with E-state index in [2.05, 4.69) is 35.9 Å². The van der Waals surface area contributed by atoms with Gasteiger partial charge in [0, 0.05) is 32.9 Å². The molecule has 0 saturated carbocycles. The first-order valence-corrected chi connectivity index (χ1v) is 7.47. The zero-order valence-electron chi connectivity index (χ0n) is 13.8. The van der Waals surface area contributed by atoms with E-state index >= 15 is 0 Å². The first-order valence-electron chi connectivity index (χ1n) is 7.47. The average molecular weight is 303 g/mol. The SMILES string of the molecule is COc1cc(C)c(CN(CCO)Cc2cncn2C)cc1C. The molecule has 0 aliphatic heterocycles. The van der Waals surface area contributed by atoms with Gasteiger partial charge in [-0.15, -0.1) is 0 Å². The molecule has 5 heteroatoms. The Balaban J connectivity index is 2.17. The Morgan fingerprint density at radius 3 is 2.59 bits per heavy atom. The molecule has 22 heavy (non-hydrogen) atoms. The molecule has 5 nitrogen and oxygen atoms in total. The van der Waals surface area contributed by atoms with Gasteiger partial charge in [-0.25, -0.2) is 4.98 Å². The van der Waals surface area contributed by atoms with Crippen molar-refractivity contribution in [3.05, 3.63) is 47.0 Å². The molecule has 120 valence electrons. The third kappa shape index (κ3) is 3.87. The van der Waals surface area contributed by atoms with Crippen molar-refractivity contribution in [1.29, 1.82) is 0 Å². The summed E-state index contributed by atoms with van der Waals surface area (Å²) in [5, 5.41) is 9.33. The number of imidazole rings is 1.